The quantitative estimate of drug-likeness (QED) is 0.540. The van der Waals surface area contributed by atoms with E-state index in [1.165, 1.54) is 27.4 Å². The van der Waals surface area contributed by atoms with Crippen molar-refractivity contribution in [1.29, 1.82) is 0 Å². The molecule has 0 aliphatic rings. The van der Waals surface area contributed by atoms with E-state index in [9.17, 15) is 0 Å². The number of benzene rings is 2. The van der Waals surface area contributed by atoms with Crippen LogP contribution >= 0.6 is 0 Å². The lowest BCUT2D eigenvalue weighted by Crippen LogP contribution is -2.15. The average molecular weight is 318 g/mol. The standard InChI is InChI=1S/C22H26N2/c1-6-14-22(2,3)19-12-9-11-18-17-10-7-8-13-20(17)23(4)15-16-24(5)21(18)19/h6-16H,1-5H3. The molecule has 2 aromatic carbocycles. The zero-order valence-electron chi connectivity index (χ0n) is 15.2. The molecule has 0 aliphatic carbocycles. The zero-order valence-corrected chi connectivity index (χ0v) is 15.2. The average Bonchev–Trinajstić information content (AvgIpc) is 2.57. The lowest BCUT2D eigenvalue weighted by atomic mass is 9.82. The lowest BCUT2D eigenvalue weighted by Gasteiger charge is -2.24. The number of rotatable bonds is 2. The molecular weight excluding hydrogens is 292 g/mol. The molecule has 0 atom stereocenters. The maximum absolute atomic E-state index is 2.27. The molecule has 0 spiro atoms. The van der Waals surface area contributed by atoms with Crippen molar-refractivity contribution in [1.82, 2.24) is 9.13 Å². The Kier molecular flexibility index (Phi) is 4.23. The summed E-state index contributed by atoms with van der Waals surface area (Å²) in [6.07, 6.45) is 8.68. The molecule has 0 N–H and O–H groups in total. The minimum Gasteiger partial charge on any atom is -0.349 e. The molecule has 0 radical (unpaired) electrons. The first-order chi connectivity index (χ1) is 11.5. The number of para-hydroxylation sites is 2. The van der Waals surface area contributed by atoms with Crippen molar-refractivity contribution in [3.63, 3.8) is 0 Å². The molecular formula is C22H26N2. The molecule has 2 nitrogen and oxygen atoms in total. The second-order valence-corrected chi connectivity index (χ2v) is 6.96. The maximum Gasteiger partial charge on any atom is 0.0525 e. The van der Waals surface area contributed by atoms with Gasteiger partial charge in [0.15, 0.2) is 0 Å². The predicted molar refractivity (Wildman–Crippen MR) is 105 cm³/mol. The summed E-state index contributed by atoms with van der Waals surface area (Å²) >= 11 is 0. The van der Waals surface area contributed by atoms with E-state index in [4.69, 9.17) is 0 Å². The minimum absolute atomic E-state index is 0.0256. The molecule has 0 amide bonds. The van der Waals surface area contributed by atoms with Gasteiger partial charge < -0.3 is 9.13 Å². The van der Waals surface area contributed by atoms with Gasteiger partial charge in [0.25, 0.3) is 0 Å². The predicted octanol–water partition coefficient (Wildman–Crippen LogP) is 5.65. The highest BCUT2D eigenvalue weighted by Crippen LogP contribution is 2.33. The lowest BCUT2D eigenvalue weighted by molar-refractivity contribution is 0.670. The molecule has 0 saturated carbocycles. The van der Waals surface area contributed by atoms with Gasteiger partial charge in [-0.3, -0.25) is 0 Å². The summed E-state index contributed by atoms with van der Waals surface area (Å²) in [6.45, 7) is 6.64. The summed E-state index contributed by atoms with van der Waals surface area (Å²) in [4.78, 5) is 0. The minimum atomic E-state index is -0.0256. The summed E-state index contributed by atoms with van der Waals surface area (Å²) in [5, 5.41) is 2.55. The van der Waals surface area contributed by atoms with Crippen LogP contribution in [0, 0.1) is 0 Å². The molecule has 0 saturated heterocycles. The normalized spacial score (nSPS) is 12.2. The van der Waals surface area contributed by atoms with E-state index < -0.39 is 0 Å². The highest BCUT2D eigenvalue weighted by atomic mass is 15.0. The highest BCUT2D eigenvalue weighted by Gasteiger charge is 2.20. The molecule has 0 fully saturated rings. The van der Waals surface area contributed by atoms with Gasteiger partial charge in [0.05, 0.1) is 5.52 Å². The molecule has 24 heavy (non-hydrogen) atoms. The summed E-state index contributed by atoms with van der Waals surface area (Å²) < 4.78 is 4.42. The molecule has 0 aliphatic heterocycles. The van der Waals surface area contributed by atoms with E-state index in [-0.39, 0.29) is 5.41 Å². The zero-order chi connectivity index (χ0) is 17.3. The third-order valence-electron chi connectivity index (χ3n) is 4.75. The van der Waals surface area contributed by atoms with Crippen LogP contribution in [-0.2, 0) is 19.5 Å². The monoisotopic (exact) mass is 318 g/mol. The largest absolute Gasteiger partial charge is 0.349 e. The Balaban J connectivity index is 2.59. The number of allylic oxidation sites excluding steroid dienone is 2. The molecule has 0 unspecified atom stereocenters. The number of hydrogen-bond acceptors (Lipinski definition) is 0. The Morgan fingerprint density at radius 3 is 2.25 bits per heavy atom. The van der Waals surface area contributed by atoms with Gasteiger partial charge in [0.1, 0.15) is 0 Å². The van der Waals surface area contributed by atoms with E-state index in [2.05, 4.69) is 111 Å². The Hall–Kier alpha value is -2.48. The van der Waals surface area contributed by atoms with Crippen molar-refractivity contribution in [3.8, 4) is 0 Å². The van der Waals surface area contributed by atoms with Crippen LogP contribution in [0.3, 0.4) is 0 Å². The number of fused-ring (bicyclic) bond motifs is 3. The van der Waals surface area contributed by atoms with Crippen LogP contribution in [0.4, 0.5) is 0 Å². The van der Waals surface area contributed by atoms with Gasteiger partial charge in [-0.1, -0.05) is 62.4 Å². The van der Waals surface area contributed by atoms with E-state index in [1.54, 1.807) is 0 Å². The first kappa shape index (κ1) is 16.4. The number of nitrogens with zero attached hydrogens (tertiary/aromatic N) is 2. The summed E-state index contributed by atoms with van der Waals surface area (Å²) in [5.41, 5.74) is 3.81. The van der Waals surface area contributed by atoms with Crippen LogP contribution < -0.4 is 0 Å². The second-order valence-electron chi connectivity index (χ2n) is 6.96. The van der Waals surface area contributed by atoms with Crippen molar-refractivity contribution >= 4 is 21.8 Å². The van der Waals surface area contributed by atoms with Gasteiger partial charge in [-0.2, -0.15) is 0 Å². The first-order valence-corrected chi connectivity index (χ1v) is 8.46. The topological polar surface area (TPSA) is 9.86 Å². The fourth-order valence-corrected chi connectivity index (χ4v) is 3.53. The van der Waals surface area contributed by atoms with Gasteiger partial charge in [-0.25, -0.2) is 0 Å². The van der Waals surface area contributed by atoms with E-state index >= 15 is 0 Å². The molecule has 2 heteroatoms. The second kappa shape index (κ2) is 6.20. The van der Waals surface area contributed by atoms with Crippen LogP contribution in [0.5, 0.6) is 0 Å². The van der Waals surface area contributed by atoms with Crippen LogP contribution in [0.25, 0.3) is 21.8 Å². The van der Waals surface area contributed by atoms with Crippen LogP contribution in [0.1, 0.15) is 26.3 Å². The summed E-state index contributed by atoms with van der Waals surface area (Å²) in [5.74, 6) is 0. The Morgan fingerprint density at radius 1 is 0.833 bits per heavy atom. The summed E-state index contributed by atoms with van der Waals surface area (Å²) in [6, 6.07) is 15.3. The smallest absolute Gasteiger partial charge is 0.0525 e. The van der Waals surface area contributed by atoms with Crippen molar-refractivity contribution in [2.75, 3.05) is 0 Å². The molecule has 1 aromatic heterocycles. The van der Waals surface area contributed by atoms with E-state index in [0.717, 1.165) is 0 Å². The summed E-state index contributed by atoms with van der Waals surface area (Å²) in [7, 11) is 4.23. The molecule has 3 rings (SSSR count). The van der Waals surface area contributed by atoms with Gasteiger partial charge >= 0.3 is 0 Å². The number of aromatic nitrogens is 2. The van der Waals surface area contributed by atoms with Crippen LogP contribution in [0.2, 0.25) is 0 Å². The Morgan fingerprint density at radius 2 is 1.50 bits per heavy atom. The van der Waals surface area contributed by atoms with E-state index in [1.807, 2.05) is 0 Å². The highest BCUT2D eigenvalue weighted by molar-refractivity contribution is 6.04. The van der Waals surface area contributed by atoms with Crippen molar-refractivity contribution < 1.29 is 0 Å². The Bertz CT molecular complexity index is 966. The SMILES string of the molecule is CC=CC(C)(C)c1cccc2c3ccccc3n(C)ccn(C)c12. The van der Waals surface area contributed by atoms with Crippen LogP contribution in [-0.4, -0.2) is 9.13 Å². The fourth-order valence-electron chi connectivity index (χ4n) is 3.53. The maximum atomic E-state index is 2.27. The molecule has 3 aromatic rings. The van der Waals surface area contributed by atoms with Gasteiger partial charge in [0.2, 0.25) is 0 Å². The number of aryl methyl sites for hydroxylation is 2. The van der Waals surface area contributed by atoms with Crippen molar-refractivity contribution in [2.24, 2.45) is 14.1 Å². The molecule has 124 valence electrons. The van der Waals surface area contributed by atoms with Gasteiger partial charge in [-0.15, -0.1) is 0 Å². The van der Waals surface area contributed by atoms with E-state index in [0.29, 0.717) is 0 Å². The molecule has 0 bridgehead atoms. The van der Waals surface area contributed by atoms with Crippen LogP contribution in [0.15, 0.2) is 67.0 Å². The van der Waals surface area contributed by atoms with Crippen molar-refractivity contribution in [2.45, 2.75) is 26.2 Å². The Labute approximate surface area is 144 Å². The third-order valence-corrected chi connectivity index (χ3v) is 4.75. The number of hydrogen-bond donors (Lipinski definition) is 0. The third kappa shape index (κ3) is 2.73. The van der Waals surface area contributed by atoms with Crippen molar-refractivity contribution in [3.05, 3.63) is 72.6 Å². The first-order valence-electron chi connectivity index (χ1n) is 8.46. The van der Waals surface area contributed by atoms with Gasteiger partial charge in [0, 0.05) is 48.2 Å². The van der Waals surface area contributed by atoms with Gasteiger partial charge in [-0.05, 0) is 18.6 Å². The fraction of sp³-hybridized carbons (Fsp3) is 0.273. The molecule has 1 heterocycles.